The normalized spacial score (nSPS) is 20.2. The predicted molar refractivity (Wildman–Crippen MR) is 87.3 cm³/mol. The Hall–Kier alpha value is -2.88. The lowest BCUT2D eigenvalue weighted by Crippen LogP contribution is -2.40. The average Bonchev–Trinajstić information content (AvgIpc) is 2.82. The molecule has 2 rings (SSSR count). The molecule has 1 fully saturated rings. The number of likely N-dealkylation sites (tertiary alicyclic amines) is 1. The van der Waals surface area contributed by atoms with Crippen LogP contribution < -0.4 is 0 Å². The fourth-order valence-electron chi connectivity index (χ4n) is 2.80. The zero-order valence-electron chi connectivity index (χ0n) is 14.4. The van der Waals surface area contributed by atoms with Crippen LogP contribution in [0, 0.1) is 17.2 Å². The summed E-state index contributed by atoms with van der Waals surface area (Å²) in [6.45, 7) is 5.07. The molecule has 0 saturated carbocycles. The molecule has 2 atom stereocenters. The van der Waals surface area contributed by atoms with E-state index in [1.165, 1.54) is 0 Å². The molecule has 0 radical (unpaired) electrons. The fourth-order valence-corrected chi connectivity index (χ4v) is 2.80. The van der Waals surface area contributed by atoms with Crippen LogP contribution >= 0.6 is 0 Å². The lowest BCUT2D eigenvalue weighted by atomic mass is 9.97. The molecule has 0 aromatic heterocycles. The molecule has 7 nitrogen and oxygen atoms in total. The van der Waals surface area contributed by atoms with Crippen molar-refractivity contribution >= 4 is 18.0 Å². The van der Waals surface area contributed by atoms with E-state index in [1.807, 2.05) is 6.07 Å². The number of rotatable bonds is 3. The Bertz CT molecular complexity index is 727. The molecule has 1 aromatic carbocycles. The van der Waals surface area contributed by atoms with Crippen molar-refractivity contribution in [1.82, 2.24) is 4.90 Å². The van der Waals surface area contributed by atoms with Gasteiger partial charge in [-0.3, -0.25) is 9.59 Å². The minimum Gasteiger partial charge on any atom is -0.481 e. The standard InChI is InChI=1S/C18H20N2O5/c1-18(2,3)25-17(24)20-14(8-13(16(20)23)9-15(21)22)12-6-4-11(10-19)5-7-12/h4-7,13-14H,8-9H2,1-3H3,(H,21,22)/t13-,14-/m0/s1. The van der Waals surface area contributed by atoms with Crippen LogP contribution in [0.1, 0.15) is 50.8 Å². The number of carboxylic acid groups (broad SMARTS) is 1. The largest absolute Gasteiger partial charge is 0.481 e. The second-order valence-electron chi connectivity index (χ2n) is 6.97. The molecule has 1 saturated heterocycles. The molecule has 2 amide bonds. The van der Waals surface area contributed by atoms with E-state index in [4.69, 9.17) is 15.1 Å². The smallest absolute Gasteiger partial charge is 0.417 e. The highest BCUT2D eigenvalue weighted by Gasteiger charge is 2.46. The van der Waals surface area contributed by atoms with E-state index >= 15 is 0 Å². The first-order chi connectivity index (χ1) is 11.6. The molecule has 1 aliphatic heterocycles. The molecule has 0 aliphatic carbocycles. The quantitative estimate of drug-likeness (QED) is 0.903. The summed E-state index contributed by atoms with van der Waals surface area (Å²) in [6.07, 6.45) is -0.930. The number of carboxylic acids is 1. The summed E-state index contributed by atoms with van der Waals surface area (Å²) in [5.41, 5.74) is 0.336. The van der Waals surface area contributed by atoms with Crippen LogP contribution in [0.25, 0.3) is 0 Å². The van der Waals surface area contributed by atoms with Gasteiger partial charge >= 0.3 is 12.1 Å². The first-order valence-electron chi connectivity index (χ1n) is 7.90. The van der Waals surface area contributed by atoms with E-state index in [9.17, 15) is 14.4 Å². The van der Waals surface area contributed by atoms with Crippen LogP contribution in [0.4, 0.5) is 4.79 Å². The first-order valence-corrected chi connectivity index (χ1v) is 7.90. The molecular weight excluding hydrogens is 324 g/mol. The fraction of sp³-hybridized carbons (Fsp3) is 0.444. The summed E-state index contributed by atoms with van der Waals surface area (Å²) >= 11 is 0. The Morgan fingerprint density at radius 1 is 1.32 bits per heavy atom. The van der Waals surface area contributed by atoms with Gasteiger partial charge in [0, 0.05) is 0 Å². The van der Waals surface area contributed by atoms with Gasteiger partial charge in [0.2, 0.25) is 5.91 Å². The molecule has 0 bridgehead atoms. The minimum atomic E-state index is -1.09. The second-order valence-corrected chi connectivity index (χ2v) is 6.97. The number of imide groups is 1. The monoisotopic (exact) mass is 344 g/mol. The predicted octanol–water partition coefficient (Wildman–Crippen LogP) is 2.86. The highest BCUT2D eigenvalue weighted by molar-refractivity contribution is 5.97. The third kappa shape index (κ3) is 4.35. The van der Waals surface area contributed by atoms with E-state index in [1.54, 1.807) is 45.0 Å². The molecule has 1 aliphatic rings. The molecule has 1 N–H and O–H groups in total. The number of aliphatic carboxylic acids is 1. The Morgan fingerprint density at radius 3 is 2.40 bits per heavy atom. The van der Waals surface area contributed by atoms with Crippen LogP contribution in [0.3, 0.4) is 0 Å². The second kappa shape index (κ2) is 6.93. The Balaban J connectivity index is 2.35. The average molecular weight is 344 g/mol. The van der Waals surface area contributed by atoms with Gasteiger partial charge < -0.3 is 9.84 Å². The summed E-state index contributed by atoms with van der Waals surface area (Å²) in [6, 6.07) is 7.91. The maximum absolute atomic E-state index is 12.6. The minimum absolute atomic E-state index is 0.205. The molecule has 7 heteroatoms. The number of carbonyl (C=O) groups excluding carboxylic acids is 2. The van der Waals surface area contributed by atoms with Crippen molar-refractivity contribution in [1.29, 1.82) is 5.26 Å². The Labute approximate surface area is 145 Å². The van der Waals surface area contributed by atoms with Crippen molar-refractivity contribution in [3.05, 3.63) is 35.4 Å². The number of nitrogens with zero attached hydrogens (tertiary/aromatic N) is 2. The molecule has 0 spiro atoms. The topological polar surface area (TPSA) is 108 Å². The van der Waals surface area contributed by atoms with Crippen molar-refractivity contribution in [3.8, 4) is 6.07 Å². The van der Waals surface area contributed by atoms with Gasteiger partial charge in [0.25, 0.3) is 0 Å². The van der Waals surface area contributed by atoms with Crippen LogP contribution in [0.2, 0.25) is 0 Å². The van der Waals surface area contributed by atoms with E-state index in [-0.39, 0.29) is 12.8 Å². The summed E-state index contributed by atoms with van der Waals surface area (Å²) in [5.74, 6) is -2.43. The third-order valence-corrected chi connectivity index (χ3v) is 3.84. The van der Waals surface area contributed by atoms with Crippen molar-refractivity contribution in [3.63, 3.8) is 0 Å². The van der Waals surface area contributed by atoms with Gasteiger partial charge in [-0.05, 0) is 44.9 Å². The number of carbonyl (C=O) groups is 3. The maximum Gasteiger partial charge on any atom is 0.417 e. The first kappa shape index (κ1) is 18.5. The number of hydrogen-bond acceptors (Lipinski definition) is 5. The van der Waals surface area contributed by atoms with Gasteiger partial charge in [0.05, 0.1) is 30.0 Å². The van der Waals surface area contributed by atoms with Gasteiger partial charge in [-0.15, -0.1) is 0 Å². The Kier molecular flexibility index (Phi) is 5.12. The van der Waals surface area contributed by atoms with Gasteiger partial charge in [0.1, 0.15) is 5.60 Å². The summed E-state index contributed by atoms with van der Waals surface area (Å²) in [7, 11) is 0. The Morgan fingerprint density at radius 2 is 1.92 bits per heavy atom. The maximum atomic E-state index is 12.6. The molecule has 132 valence electrons. The highest BCUT2D eigenvalue weighted by atomic mass is 16.6. The van der Waals surface area contributed by atoms with E-state index in [0.717, 1.165) is 4.90 Å². The zero-order valence-corrected chi connectivity index (χ0v) is 14.4. The van der Waals surface area contributed by atoms with Crippen LogP contribution in [-0.4, -0.2) is 33.6 Å². The summed E-state index contributed by atoms with van der Waals surface area (Å²) in [5, 5.41) is 17.9. The SMILES string of the molecule is CC(C)(C)OC(=O)N1C(=O)[C@H](CC(=O)O)C[C@H]1c1ccc(C#N)cc1. The van der Waals surface area contributed by atoms with E-state index in [2.05, 4.69) is 0 Å². The van der Waals surface area contributed by atoms with Crippen molar-refractivity contribution in [2.75, 3.05) is 0 Å². The number of ether oxygens (including phenoxy) is 1. The molecule has 25 heavy (non-hydrogen) atoms. The third-order valence-electron chi connectivity index (χ3n) is 3.84. The van der Waals surface area contributed by atoms with Crippen LogP contribution in [0.15, 0.2) is 24.3 Å². The highest BCUT2D eigenvalue weighted by Crippen LogP contribution is 2.39. The van der Waals surface area contributed by atoms with Crippen LogP contribution in [0.5, 0.6) is 0 Å². The number of nitriles is 1. The summed E-state index contributed by atoms with van der Waals surface area (Å²) < 4.78 is 5.31. The molecule has 0 unspecified atom stereocenters. The zero-order chi connectivity index (χ0) is 18.8. The van der Waals surface area contributed by atoms with Gasteiger partial charge in [-0.1, -0.05) is 12.1 Å². The van der Waals surface area contributed by atoms with Gasteiger partial charge in [-0.25, -0.2) is 9.69 Å². The van der Waals surface area contributed by atoms with Crippen molar-refractivity contribution in [2.45, 2.75) is 45.3 Å². The number of amides is 2. The van der Waals surface area contributed by atoms with Crippen LogP contribution in [-0.2, 0) is 14.3 Å². The van der Waals surface area contributed by atoms with E-state index < -0.39 is 35.5 Å². The molecule has 1 heterocycles. The molecule has 1 aromatic rings. The summed E-state index contributed by atoms with van der Waals surface area (Å²) in [4.78, 5) is 37.1. The number of hydrogen-bond donors (Lipinski definition) is 1. The van der Waals surface area contributed by atoms with Crippen molar-refractivity contribution < 1.29 is 24.2 Å². The van der Waals surface area contributed by atoms with Gasteiger partial charge in [-0.2, -0.15) is 5.26 Å². The van der Waals surface area contributed by atoms with Gasteiger partial charge in [0.15, 0.2) is 0 Å². The molecular formula is C18H20N2O5. The van der Waals surface area contributed by atoms with E-state index in [0.29, 0.717) is 11.1 Å². The van der Waals surface area contributed by atoms with Crippen molar-refractivity contribution in [2.24, 2.45) is 5.92 Å². The number of benzene rings is 1. The lowest BCUT2D eigenvalue weighted by Gasteiger charge is -2.27. The lowest BCUT2D eigenvalue weighted by molar-refractivity contribution is -0.142.